The molecule has 2 heteroatoms. The van der Waals surface area contributed by atoms with Gasteiger partial charge in [-0.25, -0.2) is 0 Å². The summed E-state index contributed by atoms with van der Waals surface area (Å²) in [5.74, 6) is -0.197. The zero-order valence-electron chi connectivity index (χ0n) is 9.43. The van der Waals surface area contributed by atoms with Gasteiger partial charge in [-0.3, -0.25) is 4.79 Å². The second kappa shape index (κ2) is 4.63. The van der Waals surface area contributed by atoms with Crippen molar-refractivity contribution in [3.63, 3.8) is 0 Å². The molecule has 1 saturated carbocycles. The highest BCUT2D eigenvalue weighted by molar-refractivity contribution is 5.66. The van der Waals surface area contributed by atoms with E-state index in [0.717, 1.165) is 6.42 Å². The number of allylic oxidation sites excluding steroid dienone is 1. The average molecular weight is 196 g/mol. The number of hydrogen-bond donors (Lipinski definition) is 0. The lowest BCUT2D eigenvalue weighted by atomic mass is 9.75. The van der Waals surface area contributed by atoms with Crippen LogP contribution in [0.5, 0.6) is 0 Å². The number of carbonyl (C=O) groups excluding carboxylic acids is 1. The molecule has 0 spiro atoms. The summed E-state index contributed by atoms with van der Waals surface area (Å²) in [6.45, 7) is 6.49. The second-order valence-electron chi connectivity index (χ2n) is 4.86. The summed E-state index contributed by atoms with van der Waals surface area (Å²) in [5.41, 5.74) is 1.88. The average Bonchev–Trinajstić information content (AvgIpc) is 2.01. The molecule has 2 nitrogen and oxygen atoms in total. The summed E-state index contributed by atoms with van der Waals surface area (Å²) in [6.07, 6.45) is 6.96. The zero-order valence-corrected chi connectivity index (χ0v) is 9.43. The number of ether oxygens (including phenoxy) is 1. The van der Waals surface area contributed by atoms with Crippen LogP contribution < -0.4 is 0 Å². The minimum atomic E-state index is -0.197. The van der Waals surface area contributed by atoms with Crippen LogP contribution >= 0.6 is 0 Å². The summed E-state index contributed by atoms with van der Waals surface area (Å²) in [5, 5.41) is 0. The molecule has 80 valence electrons. The Labute approximate surface area is 86.3 Å². The molecule has 0 N–H and O–H groups in total. The number of rotatable bonds is 2. The first-order chi connectivity index (χ1) is 6.49. The smallest absolute Gasteiger partial charge is 0.302 e. The molecular formula is C12H20O2. The topological polar surface area (TPSA) is 26.3 Å². The van der Waals surface area contributed by atoms with Gasteiger partial charge < -0.3 is 4.74 Å². The monoisotopic (exact) mass is 196 g/mol. The van der Waals surface area contributed by atoms with E-state index in [1.54, 1.807) is 0 Å². The van der Waals surface area contributed by atoms with Crippen molar-refractivity contribution in [1.29, 1.82) is 0 Å². The van der Waals surface area contributed by atoms with E-state index in [0.29, 0.717) is 12.0 Å². The van der Waals surface area contributed by atoms with Crippen molar-refractivity contribution in [1.82, 2.24) is 0 Å². The lowest BCUT2D eigenvalue weighted by Gasteiger charge is -2.31. The molecule has 0 aliphatic heterocycles. The molecule has 14 heavy (non-hydrogen) atoms. The molecule has 1 aliphatic carbocycles. The Balaban J connectivity index is 2.40. The van der Waals surface area contributed by atoms with Crippen LogP contribution in [-0.4, -0.2) is 12.6 Å². The van der Waals surface area contributed by atoms with Crippen LogP contribution in [-0.2, 0) is 9.53 Å². The molecule has 0 bridgehead atoms. The molecular weight excluding hydrogens is 176 g/mol. The van der Waals surface area contributed by atoms with Gasteiger partial charge in [-0.1, -0.05) is 19.4 Å². The highest BCUT2D eigenvalue weighted by atomic mass is 16.5. The second-order valence-corrected chi connectivity index (χ2v) is 4.86. The first-order valence-electron chi connectivity index (χ1n) is 5.31. The van der Waals surface area contributed by atoms with Crippen LogP contribution in [0.25, 0.3) is 0 Å². The maximum atomic E-state index is 10.6. The van der Waals surface area contributed by atoms with E-state index in [-0.39, 0.29) is 5.97 Å². The van der Waals surface area contributed by atoms with E-state index in [9.17, 15) is 4.79 Å². The van der Waals surface area contributed by atoms with Crippen molar-refractivity contribution in [2.45, 2.75) is 46.5 Å². The maximum absolute atomic E-state index is 10.6. The highest BCUT2D eigenvalue weighted by Crippen LogP contribution is 2.37. The van der Waals surface area contributed by atoms with E-state index >= 15 is 0 Å². The Morgan fingerprint density at radius 1 is 1.57 bits per heavy atom. The molecule has 0 aromatic rings. The van der Waals surface area contributed by atoms with Gasteiger partial charge in [-0.05, 0) is 37.2 Å². The van der Waals surface area contributed by atoms with Gasteiger partial charge in [0.1, 0.15) is 6.61 Å². The molecule has 0 aromatic carbocycles. The number of esters is 1. The number of hydrogen-bond acceptors (Lipinski definition) is 2. The lowest BCUT2D eigenvalue weighted by molar-refractivity contribution is -0.139. The Morgan fingerprint density at radius 2 is 2.29 bits per heavy atom. The maximum Gasteiger partial charge on any atom is 0.302 e. The lowest BCUT2D eigenvalue weighted by Crippen LogP contribution is -2.17. The van der Waals surface area contributed by atoms with Crippen molar-refractivity contribution in [3.05, 3.63) is 11.6 Å². The standard InChI is InChI=1S/C12H20O2/c1-10(13)14-8-6-11-5-4-7-12(2,3)9-11/h6H,4-5,7-9H2,1-3H3. The Bertz CT molecular complexity index is 239. The van der Waals surface area contributed by atoms with Crippen LogP contribution in [0.4, 0.5) is 0 Å². The summed E-state index contributed by atoms with van der Waals surface area (Å²) < 4.78 is 4.90. The third-order valence-electron chi connectivity index (χ3n) is 2.72. The van der Waals surface area contributed by atoms with E-state index in [2.05, 4.69) is 19.9 Å². The number of carbonyl (C=O) groups is 1. The third kappa shape index (κ3) is 3.95. The van der Waals surface area contributed by atoms with Crippen molar-refractivity contribution in [2.24, 2.45) is 5.41 Å². The molecule has 1 rings (SSSR count). The Morgan fingerprint density at radius 3 is 2.86 bits per heavy atom. The molecule has 1 fully saturated rings. The molecule has 0 heterocycles. The van der Waals surface area contributed by atoms with E-state index in [1.807, 2.05) is 0 Å². The molecule has 1 aliphatic rings. The SMILES string of the molecule is CC(=O)OCC=C1CCCC(C)(C)C1. The summed E-state index contributed by atoms with van der Waals surface area (Å²) >= 11 is 0. The summed E-state index contributed by atoms with van der Waals surface area (Å²) in [7, 11) is 0. The first-order valence-corrected chi connectivity index (χ1v) is 5.31. The van der Waals surface area contributed by atoms with Gasteiger partial charge in [0, 0.05) is 6.92 Å². The predicted octanol–water partition coefficient (Wildman–Crippen LogP) is 3.08. The summed E-state index contributed by atoms with van der Waals surface area (Å²) in [6, 6.07) is 0. The quantitative estimate of drug-likeness (QED) is 0.501. The van der Waals surface area contributed by atoms with Crippen LogP contribution in [0.1, 0.15) is 46.5 Å². The predicted molar refractivity (Wildman–Crippen MR) is 57.0 cm³/mol. The van der Waals surface area contributed by atoms with Gasteiger partial charge >= 0.3 is 5.97 Å². The molecule has 0 atom stereocenters. The van der Waals surface area contributed by atoms with E-state index in [4.69, 9.17) is 4.74 Å². The normalized spacial score (nSPS) is 23.5. The zero-order chi connectivity index (χ0) is 10.6. The first kappa shape index (κ1) is 11.3. The molecule has 0 unspecified atom stereocenters. The van der Waals surface area contributed by atoms with E-state index < -0.39 is 0 Å². The highest BCUT2D eigenvalue weighted by Gasteiger charge is 2.23. The molecule has 0 amide bonds. The van der Waals surface area contributed by atoms with Crippen LogP contribution in [0, 0.1) is 5.41 Å². The largest absolute Gasteiger partial charge is 0.462 e. The van der Waals surface area contributed by atoms with Crippen molar-refractivity contribution >= 4 is 5.97 Å². The Kier molecular flexibility index (Phi) is 3.73. The summed E-state index contributed by atoms with van der Waals surface area (Å²) in [4.78, 5) is 10.6. The van der Waals surface area contributed by atoms with E-state index in [1.165, 1.54) is 31.8 Å². The minimum absolute atomic E-state index is 0.197. The minimum Gasteiger partial charge on any atom is -0.462 e. The van der Waals surface area contributed by atoms with Crippen LogP contribution in [0.2, 0.25) is 0 Å². The van der Waals surface area contributed by atoms with Gasteiger partial charge in [-0.2, -0.15) is 0 Å². The molecule has 0 saturated heterocycles. The van der Waals surface area contributed by atoms with Crippen molar-refractivity contribution in [2.75, 3.05) is 6.61 Å². The fraction of sp³-hybridized carbons (Fsp3) is 0.750. The van der Waals surface area contributed by atoms with Gasteiger partial charge in [0.15, 0.2) is 0 Å². The van der Waals surface area contributed by atoms with Crippen molar-refractivity contribution < 1.29 is 9.53 Å². The Hall–Kier alpha value is -0.790. The fourth-order valence-electron chi connectivity index (χ4n) is 2.04. The van der Waals surface area contributed by atoms with Crippen LogP contribution in [0.15, 0.2) is 11.6 Å². The van der Waals surface area contributed by atoms with Gasteiger partial charge in [0.05, 0.1) is 0 Å². The third-order valence-corrected chi connectivity index (χ3v) is 2.72. The fourth-order valence-corrected chi connectivity index (χ4v) is 2.04. The van der Waals surface area contributed by atoms with Crippen LogP contribution in [0.3, 0.4) is 0 Å². The van der Waals surface area contributed by atoms with Gasteiger partial charge in [-0.15, -0.1) is 0 Å². The molecule has 0 aromatic heterocycles. The van der Waals surface area contributed by atoms with Crippen molar-refractivity contribution in [3.8, 4) is 0 Å². The molecule has 0 radical (unpaired) electrons. The van der Waals surface area contributed by atoms with Gasteiger partial charge in [0.2, 0.25) is 0 Å². The van der Waals surface area contributed by atoms with Gasteiger partial charge in [0.25, 0.3) is 0 Å².